The maximum absolute atomic E-state index is 13.4. The fraction of sp³-hybridized carbons (Fsp3) is 0.417. The Labute approximate surface area is 186 Å². The van der Waals surface area contributed by atoms with E-state index >= 15 is 0 Å². The number of rotatable bonds is 7. The van der Waals surface area contributed by atoms with Crippen LogP contribution in [0, 0.1) is 0 Å². The molecule has 0 spiro atoms. The summed E-state index contributed by atoms with van der Waals surface area (Å²) in [5.74, 6) is 1.51. The van der Waals surface area contributed by atoms with Crippen molar-refractivity contribution >= 4 is 22.9 Å². The monoisotopic (exact) mass is 438 g/mol. The van der Waals surface area contributed by atoms with Gasteiger partial charge in [-0.3, -0.25) is 9.36 Å². The van der Waals surface area contributed by atoms with Crippen molar-refractivity contribution in [3.8, 4) is 11.4 Å². The number of hydrogen-bond donors (Lipinski definition) is 0. The van der Waals surface area contributed by atoms with Crippen molar-refractivity contribution in [2.24, 2.45) is 0 Å². The number of ketones is 1. The number of Topliss-reactive ketones (excluding diaryl/α,β-unsaturated/α-hetero) is 1. The lowest BCUT2D eigenvalue weighted by atomic mass is 10.1. The molecule has 0 radical (unpaired) electrons. The van der Waals surface area contributed by atoms with Gasteiger partial charge >= 0.3 is 0 Å². The van der Waals surface area contributed by atoms with E-state index in [1.54, 1.807) is 31.2 Å². The number of aromatic nitrogens is 3. The zero-order valence-corrected chi connectivity index (χ0v) is 18.4. The van der Waals surface area contributed by atoms with Crippen LogP contribution in [0.5, 0.6) is 5.75 Å². The number of aryl methyl sites for hydroxylation is 1. The summed E-state index contributed by atoms with van der Waals surface area (Å²) in [6.07, 6.45) is 3.23. The molecule has 3 aromatic rings. The van der Waals surface area contributed by atoms with Crippen LogP contribution in [-0.2, 0) is 11.2 Å². The maximum Gasteiger partial charge on any atom is 0.255 e. The van der Waals surface area contributed by atoms with E-state index in [2.05, 4.69) is 4.98 Å². The quantitative estimate of drug-likeness (QED) is 0.559. The minimum atomic E-state index is -0.836. The molecule has 168 valence electrons. The van der Waals surface area contributed by atoms with E-state index < -0.39 is 6.17 Å². The Balaban J connectivity index is 1.69. The zero-order chi connectivity index (χ0) is 22.7. The number of nitrogens with zero attached hydrogens (tertiary/aromatic N) is 4. The largest absolute Gasteiger partial charge is 0.497 e. The topological polar surface area (TPSA) is 77.3 Å². The van der Waals surface area contributed by atoms with Gasteiger partial charge in [0.25, 0.3) is 5.91 Å². The summed E-state index contributed by atoms with van der Waals surface area (Å²) in [6.45, 7) is 2.40. The molecule has 3 heterocycles. The number of ether oxygens (including phenoxy) is 1. The molecule has 8 heteroatoms. The Morgan fingerprint density at radius 1 is 1.19 bits per heavy atom. The van der Waals surface area contributed by atoms with Crippen LogP contribution in [0.1, 0.15) is 48.8 Å². The van der Waals surface area contributed by atoms with Crippen molar-refractivity contribution in [3.63, 3.8) is 0 Å². The van der Waals surface area contributed by atoms with Gasteiger partial charge in [0.05, 0.1) is 12.7 Å². The average molecular weight is 439 g/mol. The van der Waals surface area contributed by atoms with Crippen molar-refractivity contribution < 1.29 is 18.7 Å². The first kappa shape index (κ1) is 21.9. The number of alkyl halides is 1. The highest BCUT2D eigenvalue weighted by atomic mass is 19.1. The van der Waals surface area contributed by atoms with Gasteiger partial charge in [-0.05, 0) is 56.5 Å². The summed E-state index contributed by atoms with van der Waals surface area (Å²) in [6, 6.07) is 9.34. The molecule has 0 N–H and O–H groups in total. The van der Waals surface area contributed by atoms with Gasteiger partial charge in [0.1, 0.15) is 29.0 Å². The van der Waals surface area contributed by atoms with Gasteiger partial charge in [0, 0.05) is 37.8 Å². The molecule has 7 nitrogen and oxygen atoms in total. The van der Waals surface area contributed by atoms with E-state index in [4.69, 9.17) is 9.72 Å². The molecule has 1 saturated heterocycles. The van der Waals surface area contributed by atoms with Crippen molar-refractivity contribution in [1.82, 2.24) is 19.4 Å². The van der Waals surface area contributed by atoms with E-state index in [0.29, 0.717) is 61.9 Å². The first-order valence-electron chi connectivity index (χ1n) is 10.9. The van der Waals surface area contributed by atoms with Gasteiger partial charge in [-0.15, -0.1) is 0 Å². The minimum absolute atomic E-state index is 0.139. The van der Waals surface area contributed by atoms with Crippen molar-refractivity contribution in [3.05, 3.63) is 47.9 Å². The first-order chi connectivity index (χ1) is 15.5. The molecule has 1 aromatic carbocycles. The van der Waals surface area contributed by atoms with E-state index in [-0.39, 0.29) is 11.7 Å². The number of fused-ring (bicyclic) bond motifs is 1. The van der Waals surface area contributed by atoms with Crippen LogP contribution in [0.3, 0.4) is 0 Å². The lowest BCUT2D eigenvalue weighted by Crippen LogP contribution is -2.39. The second kappa shape index (κ2) is 9.46. The standard InChI is InChI=1S/C24H27FN4O3/c1-16(30)4-3-5-22-27-21-14-17(24(31)28-12-10-18(25)11-13-28)15-26-23(21)29(22)19-6-8-20(32-2)9-7-19/h6-9,14-15,18H,3-5,10-13H2,1-2H3. The number of pyridine rings is 1. The highest BCUT2D eigenvalue weighted by Crippen LogP contribution is 2.25. The predicted octanol–water partition coefficient (Wildman–Crippen LogP) is 3.91. The smallest absolute Gasteiger partial charge is 0.255 e. The SMILES string of the molecule is COc1ccc(-n2c(CCCC(C)=O)nc3cc(C(=O)N4CCC(F)CC4)cnc32)cc1. The molecule has 1 aliphatic rings. The predicted molar refractivity (Wildman–Crippen MR) is 119 cm³/mol. The maximum atomic E-state index is 13.4. The second-order valence-corrected chi connectivity index (χ2v) is 8.15. The number of hydrogen-bond acceptors (Lipinski definition) is 5. The normalized spacial score (nSPS) is 14.7. The van der Waals surface area contributed by atoms with Crippen LogP contribution in [0.2, 0.25) is 0 Å². The number of methoxy groups -OCH3 is 1. The molecule has 0 aliphatic carbocycles. The summed E-state index contributed by atoms with van der Waals surface area (Å²) in [5, 5.41) is 0. The molecule has 2 aromatic heterocycles. The van der Waals surface area contributed by atoms with E-state index in [1.165, 1.54) is 0 Å². The summed E-state index contributed by atoms with van der Waals surface area (Å²) in [7, 11) is 1.62. The van der Waals surface area contributed by atoms with Gasteiger partial charge < -0.3 is 14.4 Å². The molecule has 0 bridgehead atoms. The summed E-state index contributed by atoms with van der Waals surface area (Å²) < 4.78 is 20.7. The number of imidazole rings is 1. The Morgan fingerprint density at radius 2 is 1.91 bits per heavy atom. The zero-order valence-electron chi connectivity index (χ0n) is 18.4. The number of likely N-dealkylation sites (tertiary alicyclic amines) is 1. The van der Waals surface area contributed by atoms with Crippen molar-refractivity contribution in [2.75, 3.05) is 20.2 Å². The first-order valence-corrected chi connectivity index (χ1v) is 10.9. The molecular formula is C24H27FN4O3. The molecule has 1 amide bonds. The molecule has 4 rings (SSSR count). The number of piperidine rings is 1. The van der Waals surface area contributed by atoms with Crippen molar-refractivity contribution in [2.45, 2.75) is 45.2 Å². The number of benzene rings is 1. The van der Waals surface area contributed by atoms with Crippen LogP contribution in [-0.4, -0.2) is 57.5 Å². The Kier molecular flexibility index (Phi) is 6.48. The number of amides is 1. The Hall–Kier alpha value is -3.29. The van der Waals surface area contributed by atoms with E-state index in [1.807, 2.05) is 28.8 Å². The number of halogens is 1. The van der Waals surface area contributed by atoms with Crippen LogP contribution < -0.4 is 4.74 Å². The van der Waals surface area contributed by atoms with Crippen LogP contribution in [0.4, 0.5) is 4.39 Å². The van der Waals surface area contributed by atoms with Crippen LogP contribution in [0.15, 0.2) is 36.5 Å². The van der Waals surface area contributed by atoms with Crippen molar-refractivity contribution in [1.29, 1.82) is 0 Å². The fourth-order valence-corrected chi connectivity index (χ4v) is 4.03. The third-order valence-corrected chi connectivity index (χ3v) is 5.79. The van der Waals surface area contributed by atoms with Gasteiger partial charge in [0.15, 0.2) is 5.65 Å². The van der Waals surface area contributed by atoms with Gasteiger partial charge in [-0.2, -0.15) is 0 Å². The third kappa shape index (κ3) is 4.64. The molecule has 0 unspecified atom stereocenters. The van der Waals surface area contributed by atoms with Gasteiger partial charge in [-0.25, -0.2) is 14.4 Å². The van der Waals surface area contributed by atoms with Crippen LogP contribution in [0.25, 0.3) is 16.9 Å². The second-order valence-electron chi connectivity index (χ2n) is 8.15. The molecule has 0 atom stereocenters. The van der Waals surface area contributed by atoms with Crippen LogP contribution >= 0.6 is 0 Å². The molecule has 32 heavy (non-hydrogen) atoms. The Morgan fingerprint density at radius 3 is 2.56 bits per heavy atom. The highest BCUT2D eigenvalue weighted by Gasteiger charge is 2.24. The Bertz CT molecular complexity index is 1120. The fourth-order valence-electron chi connectivity index (χ4n) is 4.03. The highest BCUT2D eigenvalue weighted by molar-refractivity contribution is 5.96. The number of carbonyl (C=O) groups is 2. The summed E-state index contributed by atoms with van der Waals surface area (Å²) in [4.78, 5) is 35.3. The van der Waals surface area contributed by atoms with E-state index in [9.17, 15) is 14.0 Å². The van der Waals surface area contributed by atoms with Gasteiger partial charge in [0.2, 0.25) is 0 Å². The lowest BCUT2D eigenvalue weighted by molar-refractivity contribution is -0.117. The average Bonchev–Trinajstić information content (AvgIpc) is 3.16. The molecule has 0 saturated carbocycles. The molecule has 1 aliphatic heterocycles. The molecular weight excluding hydrogens is 411 g/mol. The minimum Gasteiger partial charge on any atom is -0.497 e. The van der Waals surface area contributed by atoms with Gasteiger partial charge in [-0.1, -0.05) is 0 Å². The number of carbonyl (C=O) groups excluding carboxylic acids is 2. The lowest BCUT2D eigenvalue weighted by Gasteiger charge is -2.28. The third-order valence-electron chi connectivity index (χ3n) is 5.79. The summed E-state index contributed by atoms with van der Waals surface area (Å²) >= 11 is 0. The molecule has 1 fully saturated rings. The van der Waals surface area contributed by atoms with E-state index in [0.717, 1.165) is 17.3 Å². The summed E-state index contributed by atoms with van der Waals surface area (Å²) in [5.41, 5.74) is 2.59.